The van der Waals surface area contributed by atoms with Crippen LogP contribution in [-0.4, -0.2) is 17.4 Å². The minimum atomic E-state index is -0.794. The predicted octanol–water partition coefficient (Wildman–Crippen LogP) is 0.524. The summed E-state index contributed by atoms with van der Waals surface area (Å²) in [6.45, 7) is 0. The van der Waals surface area contributed by atoms with Crippen LogP contribution < -0.4 is 0 Å². The molecule has 3 rings (SSSR count). The van der Waals surface area contributed by atoms with E-state index in [1.165, 1.54) is 6.42 Å². The molecule has 12 heavy (non-hydrogen) atoms. The molecule has 0 aromatic heterocycles. The van der Waals surface area contributed by atoms with Crippen molar-refractivity contribution in [1.29, 1.82) is 0 Å². The normalized spacial score (nSPS) is 55.8. The molecule has 1 aliphatic heterocycles. The Morgan fingerprint density at radius 2 is 2.08 bits per heavy atom. The van der Waals surface area contributed by atoms with Gasteiger partial charge in [-0.25, -0.2) is 0 Å². The average Bonchev–Trinajstić information content (AvgIpc) is 2.64. The second-order valence-electron chi connectivity index (χ2n) is 4.26. The standard InChI is InChI=1S/C9H12O3/c10-8-6-4-1-2-5(3-4)7(6)9(11)12-8/h4-8,10H,1-3H2. The maximum atomic E-state index is 11.3. The molecule has 3 fully saturated rings. The Balaban J connectivity index is 1.97. The molecule has 0 amide bonds. The molecular weight excluding hydrogens is 156 g/mol. The van der Waals surface area contributed by atoms with Crippen LogP contribution in [0, 0.1) is 23.7 Å². The summed E-state index contributed by atoms with van der Waals surface area (Å²) in [4.78, 5) is 11.3. The molecule has 1 saturated heterocycles. The molecule has 0 aromatic carbocycles. The molecule has 2 bridgehead atoms. The number of carbonyl (C=O) groups is 1. The van der Waals surface area contributed by atoms with Crippen LogP contribution in [0.5, 0.6) is 0 Å². The van der Waals surface area contributed by atoms with E-state index >= 15 is 0 Å². The van der Waals surface area contributed by atoms with E-state index in [2.05, 4.69) is 0 Å². The fourth-order valence-corrected chi connectivity index (χ4v) is 3.37. The SMILES string of the molecule is O=C1OC(O)C2C3CCC(C3)C12. The van der Waals surface area contributed by atoms with E-state index in [1.54, 1.807) is 0 Å². The second-order valence-corrected chi connectivity index (χ2v) is 4.26. The first-order valence-corrected chi connectivity index (χ1v) is 4.66. The highest BCUT2D eigenvalue weighted by Crippen LogP contribution is 2.56. The van der Waals surface area contributed by atoms with Crippen LogP contribution in [0.25, 0.3) is 0 Å². The van der Waals surface area contributed by atoms with Crippen molar-refractivity contribution >= 4 is 5.97 Å². The Bertz CT molecular complexity index is 238. The van der Waals surface area contributed by atoms with Crippen molar-refractivity contribution in [2.24, 2.45) is 23.7 Å². The third-order valence-electron chi connectivity index (χ3n) is 3.82. The summed E-state index contributed by atoms with van der Waals surface area (Å²) in [7, 11) is 0. The van der Waals surface area contributed by atoms with E-state index in [0.717, 1.165) is 12.8 Å². The number of hydrogen-bond acceptors (Lipinski definition) is 3. The number of carbonyl (C=O) groups excluding carboxylic acids is 1. The lowest BCUT2D eigenvalue weighted by molar-refractivity contribution is -0.158. The lowest BCUT2D eigenvalue weighted by Gasteiger charge is -2.21. The highest BCUT2D eigenvalue weighted by atomic mass is 16.6. The van der Waals surface area contributed by atoms with Gasteiger partial charge < -0.3 is 9.84 Å². The van der Waals surface area contributed by atoms with Crippen LogP contribution in [0.3, 0.4) is 0 Å². The summed E-state index contributed by atoms with van der Waals surface area (Å²) < 4.78 is 4.83. The van der Waals surface area contributed by atoms with Gasteiger partial charge in [-0.05, 0) is 31.1 Å². The van der Waals surface area contributed by atoms with Crippen molar-refractivity contribution in [1.82, 2.24) is 0 Å². The number of esters is 1. The van der Waals surface area contributed by atoms with Crippen LogP contribution in [0.15, 0.2) is 0 Å². The zero-order chi connectivity index (χ0) is 8.29. The van der Waals surface area contributed by atoms with Gasteiger partial charge in [0.05, 0.1) is 5.92 Å². The van der Waals surface area contributed by atoms with Gasteiger partial charge in [0.15, 0.2) is 0 Å². The van der Waals surface area contributed by atoms with E-state index < -0.39 is 6.29 Å². The van der Waals surface area contributed by atoms with Crippen LogP contribution in [0.2, 0.25) is 0 Å². The Kier molecular flexibility index (Phi) is 1.16. The maximum Gasteiger partial charge on any atom is 0.312 e. The molecule has 66 valence electrons. The van der Waals surface area contributed by atoms with Gasteiger partial charge in [-0.3, -0.25) is 4.79 Å². The summed E-state index contributed by atoms with van der Waals surface area (Å²) in [5.41, 5.74) is 0. The fraction of sp³-hybridized carbons (Fsp3) is 0.889. The minimum Gasteiger partial charge on any atom is -0.435 e. The van der Waals surface area contributed by atoms with Gasteiger partial charge in [0.1, 0.15) is 0 Å². The Morgan fingerprint density at radius 1 is 1.33 bits per heavy atom. The third-order valence-corrected chi connectivity index (χ3v) is 3.82. The van der Waals surface area contributed by atoms with Gasteiger partial charge in [-0.2, -0.15) is 0 Å². The number of ether oxygens (including phenoxy) is 1. The molecular formula is C9H12O3. The first kappa shape index (κ1) is 6.89. The number of rotatable bonds is 0. The summed E-state index contributed by atoms with van der Waals surface area (Å²) in [6.07, 6.45) is 2.69. The van der Waals surface area contributed by atoms with Crippen molar-refractivity contribution < 1.29 is 14.6 Å². The lowest BCUT2D eigenvalue weighted by atomic mass is 9.81. The van der Waals surface area contributed by atoms with Crippen molar-refractivity contribution in [3.05, 3.63) is 0 Å². The fourth-order valence-electron chi connectivity index (χ4n) is 3.37. The van der Waals surface area contributed by atoms with Gasteiger partial charge in [0.25, 0.3) is 0 Å². The van der Waals surface area contributed by atoms with Crippen LogP contribution in [0.4, 0.5) is 0 Å². The average molecular weight is 168 g/mol. The van der Waals surface area contributed by atoms with E-state index in [4.69, 9.17) is 4.74 Å². The smallest absolute Gasteiger partial charge is 0.312 e. The molecule has 1 N–H and O–H groups in total. The van der Waals surface area contributed by atoms with E-state index in [-0.39, 0.29) is 17.8 Å². The molecule has 0 spiro atoms. The monoisotopic (exact) mass is 168 g/mol. The molecule has 3 nitrogen and oxygen atoms in total. The second kappa shape index (κ2) is 2.02. The van der Waals surface area contributed by atoms with Gasteiger partial charge in [0, 0.05) is 5.92 Å². The number of aliphatic hydroxyl groups excluding tert-OH is 1. The lowest BCUT2D eigenvalue weighted by Crippen LogP contribution is -2.26. The number of hydrogen-bond donors (Lipinski definition) is 1. The minimum absolute atomic E-state index is 0.0405. The first-order valence-electron chi connectivity index (χ1n) is 4.66. The van der Waals surface area contributed by atoms with Gasteiger partial charge in [0.2, 0.25) is 6.29 Å². The van der Waals surface area contributed by atoms with E-state index in [9.17, 15) is 9.90 Å². The highest BCUT2D eigenvalue weighted by Gasteiger charge is 2.59. The molecule has 3 heteroatoms. The van der Waals surface area contributed by atoms with Gasteiger partial charge >= 0.3 is 5.97 Å². The third kappa shape index (κ3) is 0.637. The number of cyclic esters (lactones) is 1. The molecule has 5 atom stereocenters. The summed E-state index contributed by atoms with van der Waals surface area (Å²) in [5, 5.41) is 9.45. The van der Waals surface area contributed by atoms with Crippen molar-refractivity contribution in [3.8, 4) is 0 Å². The van der Waals surface area contributed by atoms with Gasteiger partial charge in [-0.15, -0.1) is 0 Å². The topological polar surface area (TPSA) is 46.5 Å². The molecule has 5 unspecified atom stereocenters. The molecule has 2 saturated carbocycles. The summed E-state index contributed by atoms with van der Waals surface area (Å²) in [5.74, 6) is 1.10. The highest BCUT2D eigenvalue weighted by molar-refractivity contribution is 5.76. The summed E-state index contributed by atoms with van der Waals surface area (Å²) in [6, 6.07) is 0. The summed E-state index contributed by atoms with van der Waals surface area (Å²) >= 11 is 0. The van der Waals surface area contributed by atoms with Crippen LogP contribution in [-0.2, 0) is 9.53 Å². The number of aliphatic hydroxyl groups is 1. The van der Waals surface area contributed by atoms with Gasteiger partial charge in [-0.1, -0.05) is 0 Å². The molecule has 1 heterocycles. The van der Waals surface area contributed by atoms with Crippen LogP contribution in [0.1, 0.15) is 19.3 Å². The molecule has 3 aliphatic rings. The Hall–Kier alpha value is -0.570. The zero-order valence-corrected chi connectivity index (χ0v) is 6.77. The van der Waals surface area contributed by atoms with Crippen molar-refractivity contribution in [2.45, 2.75) is 25.6 Å². The van der Waals surface area contributed by atoms with Crippen molar-refractivity contribution in [3.63, 3.8) is 0 Å². The quantitative estimate of drug-likeness (QED) is 0.536. The largest absolute Gasteiger partial charge is 0.435 e. The first-order chi connectivity index (χ1) is 5.77. The number of fused-ring (bicyclic) bond motifs is 5. The predicted molar refractivity (Wildman–Crippen MR) is 39.9 cm³/mol. The molecule has 2 aliphatic carbocycles. The Labute approximate surface area is 70.7 Å². The van der Waals surface area contributed by atoms with Crippen molar-refractivity contribution in [2.75, 3.05) is 0 Å². The zero-order valence-electron chi connectivity index (χ0n) is 6.77. The van der Waals surface area contributed by atoms with Crippen LogP contribution >= 0.6 is 0 Å². The van der Waals surface area contributed by atoms with E-state index in [1.807, 2.05) is 0 Å². The Morgan fingerprint density at radius 3 is 2.83 bits per heavy atom. The molecule has 0 radical (unpaired) electrons. The maximum absolute atomic E-state index is 11.3. The molecule has 0 aromatic rings. The van der Waals surface area contributed by atoms with E-state index in [0.29, 0.717) is 11.8 Å².